The van der Waals surface area contributed by atoms with Gasteiger partial charge in [-0.05, 0) is 37.4 Å². The molecule has 2 aromatic heterocycles. The van der Waals surface area contributed by atoms with Crippen LogP contribution in [-0.2, 0) is 9.59 Å². The van der Waals surface area contributed by atoms with Crippen LogP contribution < -0.4 is 4.90 Å². The number of nitrogens with one attached hydrogen (secondary N) is 1. The summed E-state index contributed by atoms with van der Waals surface area (Å²) in [6.07, 6.45) is -8.21. The van der Waals surface area contributed by atoms with Crippen molar-refractivity contribution in [2.75, 3.05) is 31.6 Å². The van der Waals surface area contributed by atoms with E-state index >= 15 is 0 Å². The van der Waals surface area contributed by atoms with E-state index in [1.54, 1.807) is 0 Å². The number of likely N-dealkylation sites (tertiary alicyclic amines) is 1. The number of likely N-dealkylation sites (N-methyl/N-ethyl adjacent to an activating group) is 1. The third-order valence-electron chi connectivity index (χ3n) is 5.80. The number of benzene rings is 1. The molecule has 15 heteroatoms. The van der Waals surface area contributed by atoms with Gasteiger partial charge in [-0.15, -0.1) is 10.2 Å². The third kappa shape index (κ3) is 6.87. The van der Waals surface area contributed by atoms with E-state index in [4.69, 9.17) is 19.8 Å². The molecule has 3 N–H and O–H groups in total. The van der Waals surface area contributed by atoms with E-state index in [0.29, 0.717) is 6.04 Å². The molecule has 37 heavy (non-hydrogen) atoms. The smallest absolute Gasteiger partial charge is 0.475 e. The van der Waals surface area contributed by atoms with Crippen molar-refractivity contribution in [3.63, 3.8) is 0 Å². The van der Waals surface area contributed by atoms with Crippen LogP contribution in [-0.4, -0.2) is 87.3 Å². The number of rotatable bonds is 2. The lowest BCUT2D eigenvalue weighted by Crippen LogP contribution is -2.52. The summed E-state index contributed by atoms with van der Waals surface area (Å²) in [5.41, 5.74) is 3.18. The van der Waals surface area contributed by atoms with Crippen LogP contribution in [0.1, 0.15) is 0 Å². The van der Waals surface area contributed by atoms with Gasteiger partial charge in [0.25, 0.3) is 0 Å². The lowest BCUT2D eigenvalue weighted by molar-refractivity contribution is -0.193. The first-order chi connectivity index (χ1) is 17.2. The Hall–Kier alpha value is -3.88. The van der Waals surface area contributed by atoms with Crippen LogP contribution in [0, 0.1) is 5.92 Å². The van der Waals surface area contributed by atoms with Crippen molar-refractivity contribution in [2.45, 2.75) is 18.4 Å². The van der Waals surface area contributed by atoms with E-state index in [1.165, 1.54) is 11.9 Å². The van der Waals surface area contributed by atoms with Crippen LogP contribution in [0.5, 0.6) is 0 Å². The number of carboxylic acids is 2. The first-order valence-electron chi connectivity index (χ1n) is 10.6. The Labute approximate surface area is 205 Å². The molecule has 0 aliphatic carbocycles. The Morgan fingerprint density at radius 3 is 2.03 bits per heavy atom. The summed E-state index contributed by atoms with van der Waals surface area (Å²) in [6.45, 7) is 3.40. The fourth-order valence-electron chi connectivity index (χ4n) is 3.95. The molecule has 0 radical (unpaired) electrons. The number of aromatic amines is 1. The summed E-state index contributed by atoms with van der Waals surface area (Å²) in [5, 5.41) is 24.4. The zero-order chi connectivity index (χ0) is 27.5. The molecule has 2 fully saturated rings. The van der Waals surface area contributed by atoms with Crippen LogP contribution in [0.3, 0.4) is 0 Å². The Morgan fingerprint density at radius 1 is 0.919 bits per heavy atom. The number of carboxylic acid groups (broad SMARTS) is 2. The van der Waals surface area contributed by atoms with E-state index < -0.39 is 24.3 Å². The molecule has 3 aromatic rings. The van der Waals surface area contributed by atoms with Crippen molar-refractivity contribution in [1.82, 2.24) is 20.1 Å². The maximum Gasteiger partial charge on any atom is 0.490 e. The van der Waals surface area contributed by atoms with Gasteiger partial charge in [-0.25, -0.2) is 9.59 Å². The molecule has 0 amide bonds. The Bertz CT molecular complexity index is 1220. The molecular formula is C22H21F6N5O4. The van der Waals surface area contributed by atoms with Crippen LogP contribution in [0.15, 0.2) is 42.6 Å². The van der Waals surface area contributed by atoms with Crippen molar-refractivity contribution < 1.29 is 46.1 Å². The molecule has 2 aliphatic heterocycles. The van der Waals surface area contributed by atoms with Gasteiger partial charge in [0.05, 0.1) is 5.69 Å². The van der Waals surface area contributed by atoms with E-state index in [0.717, 1.165) is 41.6 Å². The van der Waals surface area contributed by atoms with Crippen molar-refractivity contribution in [2.24, 2.45) is 5.92 Å². The summed E-state index contributed by atoms with van der Waals surface area (Å²) in [7, 11) is 2.20. The number of aliphatic carboxylic acids is 2. The molecule has 2 saturated heterocycles. The van der Waals surface area contributed by atoms with Crippen molar-refractivity contribution in [3.05, 3.63) is 42.6 Å². The van der Waals surface area contributed by atoms with Gasteiger partial charge < -0.3 is 25.0 Å². The summed E-state index contributed by atoms with van der Waals surface area (Å²) in [6, 6.07) is 13.3. The van der Waals surface area contributed by atoms with Gasteiger partial charge in [-0.1, -0.05) is 6.07 Å². The predicted molar refractivity (Wildman–Crippen MR) is 119 cm³/mol. The molecule has 2 atom stereocenters. The Balaban J connectivity index is 0.000000227. The highest BCUT2D eigenvalue weighted by atomic mass is 19.4. The normalized spacial score (nSPS) is 19.2. The number of hydrogen-bond donors (Lipinski definition) is 3. The number of hydrogen-bond acceptors (Lipinski definition) is 6. The van der Waals surface area contributed by atoms with Crippen molar-refractivity contribution in [1.29, 1.82) is 0 Å². The number of fused-ring (bicyclic) bond motifs is 2. The molecule has 5 rings (SSSR count). The van der Waals surface area contributed by atoms with Crippen molar-refractivity contribution >= 4 is 28.7 Å². The largest absolute Gasteiger partial charge is 0.490 e. The standard InChI is InChI=1S/C18H19N5.2C2HF3O2/c1-22-9-14-10-23(11-17(14)22)18-5-4-16(20-21-18)12-2-3-15-13(8-12)6-7-19-15;2*3-2(4,5)1(6)7/h2-8,14,17,19H,9-11H2,1H3;2*(H,6,7)/t14-,17+;;/m0../s1. The van der Waals surface area contributed by atoms with E-state index in [-0.39, 0.29) is 0 Å². The quantitative estimate of drug-likeness (QED) is 0.427. The van der Waals surface area contributed by atoms with Gasteiger partial charge in [0.2, 0.25) is 0 Å². The monoisotopic (exact) mass is 533 g/mol. The minimum atomic E-state index is -5.08. The third-order valence-corrected chi connectivity index (χ3v) is 5.80. The molecule has 9 nitrogen and oxygen atoms in total. The second-order valence-corrected chi connectivity index (χ2v) is 8.33. The number of H-pyrrole nitrogens is 1. The Morgan fingerprint density at radius 2 is 1.54 bits per heavy atom. The highest BCUT2D eigenvalue weighted by Crippen LogP contribution is 2.33. The van der Waals surface area contributed by atoms with Gasteiger partial charge in [0.1, 0.15) is 0 Å². The molecular weight excluding hydrogens is 512 g/mol. The molecule has 2 aliphatic rings. The van der Waals surface area contributed by atoms with Gasteiger partial charge in [-0.2, -0.15) is 26.3 Å². The SMILES string of the molecule is CN1C[C@H]2CN(c3ccc(-c4ccc5[nH]ccc5c4)nn3)C[C@H]21.O=C(O)C(F)(F)F.O=C(O)C(F)(F)F. The van der Waals surface area contributed by atoms with Crippen LogP contribution in [0.2, 0.25) is 0 Å². The number of carbonyl (C=O) groups is 2. The van der Waals surface area contributed by atoms with Crippen LogP contribution >= 0.6 is 0 Å². The highest BCUT2D eigenvalue weighted by Gasteiger charge is 2.44. The lowest BCUT2D eigenvalue weighted by Gasteiger charge is -2.40. The zero-order valence-electron chi connectivity index (χ0n) is 19.1. The molecule has 0 spiro atoms. The molecule has 200 valence electrons. The summed E-state index contributed by atoms with van der Waals surface area (Å²) in [4.78, 5) is 25.8. The summed E-state index contributed by atoms with van der Waals surface area (Å²) < 4.78 is 63.5. The summed E-state index contributed by atoms with van der Waals surface area (Å²) in [5.74, 6) is -3.71. The zero-order valence-corrected chi connectivity index (χ0v) is 19.1. The number of alkyl halides is 6. The molecule has 1 aromatic carbocycles. The second-order valence-electron chi connectivity index (χ2n) is 8.33. The van der Waals surface area contributed by atoms with E-state index in [9.17, 15) is 26.3 Å². The van der Waals surface area contributed by atoms with Gasteiger partial charge in [0.15, 0.2) is 5.82 Å². The topological polar surface area (TPSA) is 123 Å². The molecule has 0 unspecified atom stereocenters. The maximum absolute atomic E-state index is 10.6. The number of anilines is 1. The average Bonchev–Trinajstić information content (AvgIpc) is 3.42. The van der Waals surface area contributed by atoms with Crippen LogP contribution in [0.25, 0.3) is 22.2 Å². The second kappa shape index (κ2) is 10.6. The minimum Gasteiger partial charge on any atom is -0.475 e. The van der Waals surface area contributed by atoms with E-state index in [1.807, 2.05) is 6.20 Å². The Kier molecular flexibility index (Phi) is 7.95. The fraction of sp³-hybridized carbons (Fsp3) is 0.364. The number of nitrogens with zero attached hydrogens (tertiary/aromatic N) is 4. The average molecular weight is 533 g/mol. The maximum atomic E-state index is 10.6. The van der Waals surface area contributed by atoms with Gasteiger partial charge in [0, 0.05) is 54.3 Å². The number of aromatic nitrogens is 3. The molecule has 0 bridgehead atoms. The fourth-order valence-corrected chi connectivity index (χ4v) is 3.95. The highest BCUT2D eigenvalue weighted by molar-refractivity contribution is 5.84. The molecule has 0 saturated carbocycles. The molecule has 4 heterocycles. The van der Waals surface area contributed by atoms with Gasteiger partial charge >= 0.3 is 24.3 Å². The lowest BCUT2D eigenvalue weighted by atomic mass is 9.93. The van der Waals surface area contributed by atoms with Crippen molar-refractivity contribution in [3.8, 4) is 11.3 Å². The summed E-state index contributed by atoms with van der Waals surface area (Å²) >= 11 is 0. The minimum absolute atomic E-state index is 0.701. The number of halogens is 6. The van der Waals surface area contributed by atoms with Gasteiger partial charge in [-0.3, -0.25) is 0 Å². The van der Waals surface area contributed by atoms with Crippen LogP contribution in [0.4, 0.5) is 32.2 Å². The first-order valence-corrected chi connectivity index (χ1v) is 10.6. The first kappa shape index (κ1) is 27.7. The van der Waals surface area contributed by atoms with E-state index in [2.05, 4.69) is 68.4 Å². The predicted octanol–water partition coefficient (Wildman–Crippen LogP) is 3.64.